The van der Waals surface area contributed by atoms with Crippen LogP contribution in [0.1, 0.15) is 19.5 Å². The molecule has 0 aliphatic rings. The zero-order valence-corrected chi connectivity index (χ0v) is 11.4. The molecule has 0 saturated heterocycles. The Kier molecular flexibility index (Phi) is 5.29. The van der Waals surface area contributed by atoms with Gasteiger partial charge in [-0.2, -0.15) is 0 Å². The van der Waals surface area contributed by atoms with Gasteiger partial charge in [0.1, 0.15) is 5.92 Å². The third-order valence-electron chi connectivity index (χ3n) is 2.87. The van der Waals surface area contributed by atoms with Gasteiger partial charge >= 0.3 is 0 Å². The fraction of sp³-hybridized carbons (Fsp3) is 0.462. The number of nitrogens with two attached hydrogens (primary N) is 1. The second-order valence-electron chi connectivity index (χ2n) is 4.76. The number of carbonyl (C=O) groups excluding carboxylic acids is 1. The Bertz CT molecular complexity index is 445. The molecule has 104 valence electrons. The van der Waals surface area contributed by atoms with Gasteiger partial charge in [-0.05, 0) is 18.1 Å². The van der Waals surface area contributed by atoms with Gasteiger partial charge in [0.05, 0.1) is 12.2 Å². The van der Waals surface area contributed by atoms with Crippen molar-refractivity contribution in [2.45, 2.75) is 20.4 Å². The van der Waals surface area contributed by atoms with Gasteiger partial charge in [0.25, 0.3) is 0 Å². The highest BCUT2D eigenvalue weighted by atomic mass is 16.4. The van der Waals surface area contributed by atoms with Gasteiger partial charge in [-0.3, -0.25) is 9.78 Å². The molecule has 0 saturated carbocycles. The number of oxime groups is 1. The molecule has 1 aromatic rings. The van der Waals surface area contributed by atoms with Crippen molar-refractivity contribution in [1.29, 1.82) is 0 Å². The maximum atomic E-state index is 12.3. The molecular weight excluding hydrogens is 244 g/mol. The van der Waals surface area contributed by atoms with Gasteiger partial charge < -0.3 is 15.8 Å². The zero-order valence-electron chi connectivity index (χ0n) is 11.4. The topological polar surface area (TPSA) is 91.8 Å². The van der Waals surface area contributed by atoms with Crippen LogP contribution in [0.4, 0.5) is 0 Å². The zero-order chi connectivity index (χ0) is 14.4. The number of pyridine rings is 1. The van der Waals surface area contributed by atoms with Gasteiger partial charge in [-0.1, -0.05) is 25.1 Å². The maximum Gasteiger partial charge on any atom is 0.233 e. The number of rotatable bonds is 5. The molecule has 1 aromatic heterocycles. The molecule has 1 unspecified atom stereocenters. The highest BCUT2D eigenvalue weighted by molar-refractivity contribution is 6.02. The predicted molar refractivity (Wildman–Crippen MR) is 72.4 cm³/mol. The van der Waals surface area contributed by atoms with Crippen LogP contribution in [0.2, 0.25) is 0 Å². The number of hydrogen-bond acceptors (Lipinski definition) is 4. The van der Waals surface area contributed by atoms with Crippen molar-refractivity contribution >= 4 is 11.7 Å². The SMILES string of the molecule is CC(C)C(C(=O)N(C)Cc1ccccn1)C(N)=NO. The Morgan fingerprint density at radius 3 is 2.68 bits per heavy atom. The first-order valence-corrected chi connectivity index (χ1v) is 6.09. The summed E-state index contributed by atoms with van der Waals surface area (Å²) in [5, 5.41) is 11.7. The van der Waals surface area contributed by atoms with Crippen molar-refractivity contribution in [2.24, 2.45) is 22.7 Å². The van der Waals surface area contributed by atoms with E-state index in [9.17, 15) is 4.79 Å². The molecule has 0 aliphatic carbocycles. The first-order valence-electron chi connectivity index (χ1n) is 6.09. The van der Waals surface area contributed by atoms with E-state index in [-0.39, 0.29) is 17.7 Å². The van der Waals surface area contributed by atoms with Gasteiger partial charge in [0.2, 0.25) is 5.91 Å². The lowest BCUT2D eigenvalue weighted by atomic mass is 9.93. The molecule has 0 fully saturated rings. The van der Waals surface area contributed by atoms with Crippen molar-refractivity contribution in [3.05, 3.63) is 30.1 Å². The summed E-state index contributed by atoms with van der Waals surface area (Å²) < 4.78 is 0. The molecule has 0 radical (unpaired) electrons. The van der Waals surface area contributed by atoms with E-state index in [2.05, 4.69) is 10.1 Å². The number of amides is 1. The first kappa shape index (κ1) is 14.9. The van der Waals surface area contributed by atoms with Crippen LogP contribution in [0.15, 0.2) is 29.6 Å². The number of aromatic nitrogens is 1. The fourth-order valence-corrected chi connectivity index (χ4v) is 1.87. The van der Waals surface area contributed by atoms with Crippen LogP contribution < -0.4 is 5.73 Å². The number of hydrogen-bond donors (Lipinski definition) is 2. The summed E-state index contributed by atoms with van der Waals surface area (Å²) in [6, 6.07) is 5.53. The lowest BCUT2D eigenvalue weighted by molar-refractivity contribution is -0.133. The molecule has 6 nitrogen and oxygen atoms in total. The van der Waals surface area contributed by atoms with Crippen LogP contribution in [0, 0.1) is 11.8 Å². The van der Waals surface area contributed by atoms with Crippen molar-refractivity contribution in [2.75, 3.05) is 7.05 Å². The second kappa shape index (κ2) is 6.72. The summed E-state index contributed by atoms with van der Waals surface area (Å²) >= 11 is 0. The van der Waals surface area contributed by atoms with E-state index in [0.717, 1.165) is 5.69 Å². The maximum absolute atomic E-state index is 12.3. The van der Waals surface area contributed by atoms with E-state index in [1.54, 1.807) is 13.2 Å². The lowest BCUT2D eigenvalue weighted by Crippen LogP contribution is -2.42. The molecule has 1 rings (SSSR count). The van der Waals surface area contributed by atoms with Gasteiger partial charge in [0.15, 0.2) is 5.84 Å². The van der Waals surface area contributed by atoms with Gasteiger partial charge in [-0.25, -0.2) is 0 Å². The van der Waals surface area contributed by atoms with E-state index in [0.29, 0.717) is 6.54 Å². The van der Waals surface area contributed by atoms with Crippen LogP contribution in [-0.2, 0) is 11.3 Å². The summed E-state index contributed by atoms with van der Waals surface area (Å²) in [5.41, 5.74) is 6.38. The average molecular weight is 264 g/mol. The molecule has 1 heterocycles. The van der Waals surface area contributed by atoms with Crippen LogP contribution in [0.3, 0.4) is 0 Å². The van der Waals surface area contributed by atoms with Crippen molar-refractivity contribution in [1.82, 2.24) is 9.88 Å². The van der Waals surface area contributed by atoms with Crippen LogP contribution >= 0.6 is 0 Å². The largest absolute Gasteiger partial charge is 0.409 e. The molecular formula is C13H20N4O2. The van der Waals surface area contributed by atoms with Crippen molar-refractivity contribution in [3.63, 3.8) is 0 Å². The van der Waals surface area contributed by atoms with E-state index in [4.69, 9.17) is 10.9 Å². The number of nitrogens with zero attached hydrogens (tertiary/aromatic N) is 3. The Balaban J connectivity index is 2.80. The van der Waals surface area contributed by atoms with E-state index in [1.165, 1.54) is 4.90 Å². The van der Waals surface area contributed by atoms with E-state index in [1.807, 2.05) is 32.0 Å². The summed E-state index contributed by atoms with van der Waals surface area (Å²) in [4.78, 5) is 18.0. The monoisotopic (exact) mass is 264 g/mol. The Hall–Kier alpha value is -2.11. The quantitative estimate of drug-likeness (QED) is 0.360. The van der Waals surface area contributed by atoms with Crippen LogP contribution in [-0.4, -0.2) is 33.9 Å². The Labute approximate surface area is 112 Å². The number of carbonyl (C=O) groups is 1. The standard InChI is InChI=1S/C13H20N4O2/c1-9(2)11(12(14)16-19)13(18)17(3)8-10-6-4-5-7-15-10/h4-7,9,11,19H,8H2,1-3H3,(H2,14,16). The molecule has 1 amide bonds. The molecule has 0 spiro atoms. The second-order valence-corrected chi connectivity index (χ2v) is 4.76. The van der Waals surface area contributed by atoms with E-state index >= 15 is 0 Å². The van der Waals surface area contributed by atoms with Crippen molar-refractivity contribution in [3.8, 4) is 0 Å². The number of amidine groups is 1. The minimum absolute atomic E-state index is 0.0467. The third-order valence-corrected chi connectivity index (χ3v) is 2.87. The molecule has 1 atom stereocenters. The van der Waals surface area contributed by atoms with E-state index < -0.39 is 5.92 Å². The van der Waals surface area contributed by atoms with Crippen LogP contribution in [0.25, 0.3) is 0 Å². The molecule has 6 heteroatoms. The fourth-order valence-electron chi connectivity index (χ4n) is 1.87. The minimum Gasteiger partial charge on any atom is -0.409 e. The molecule has 3 N–H and O–H groups in total. The minimum atomic E-state index is -0.626. The first-order chi connectivity index (χ1) is 8.97. The highest BCUT2D eigenvalue weighted by Crippen LogP contribution is 2.15. The summed E-state index contributed by atoms with van der Waals surface area (Å²) in [6.45, 7) is 4.10. The smallest absolute Gasteiger partial charge is 0.233 e. The average Bonchev–Trinajstić information content (AvgIpc) is 2.39. The highest BCUT2D eigenvalue weighted by Gasteiger charge is 2.29. The predicted octanol–water partition coefficient (Wildman–Crippen LogP) is 1.06. The summed E-state index contributed by atoms with van der Waals surface area (Å²) in [5.74, 6) is -0.919. The van der Waals surface area contributed by atoms with Gasteiger partial charge in [0, 0.05) is 13.2 Å². The van der Waals surface area contributed by atoms with Crippen LogP contribution in [0.5, 0.6) is 0 Å². The summed E-state index contributed by atoms with van der Waals surface area (Å²) in [6.07, 6.45) is 1.68. The molecule has 0 aromatic carbocycles. The Morgan fingerprint density at radius 2 is 2.21 bits per heavy atom. The molecule has 0 bridgehead atoms. The van der Waals surface area contributed by atoms with Crippen molar-refractivity contribution < 1.29 is 10.0 Å². The normalized spacial score (nSPS) is 13.4. The lowest BCUT2D eigenvalue weighted by Gasteiger charge is -2.25. The summed E-state index contributed by atoms with van der Waals surface area (Å²) in [7, 11) is 1.68. The Morgan fingerprint density at radius 1 is 1.53 bits per heavy atom. The van der Waals surface area contributed by atoms with Gasteiger partial charge in [-0.15, -0.1) is 0 Å². The molecule has 0 aliphatic heterocycles. The molecule has 19 heavy (non-hydrogen) atoms. The third kappa shape index (κ3) is 3.94.